The molecule has 0 heterocycles. The molecule has 4 N–H and O–H groups in total. The van der Waals surface area contributed by atoms with Gasteiger partial charge in [-0.3, -0.25) is 0 Å². The van der Waals surface area contributed by atoms with Crippen molar-refractivity contribution in [3.63, 3.8) is 0 Å². The molecule has 0 fully saturated rings. The Balaban J connectivity index is 3.79. The first-order valence-electron chi connectivity index (χ1n) is 12.6. The molecule has 0 saturated heterocycles. The van der Waals surface area contributed by atoms with Gasteiger partial charge in [-0.2, -0.15) is 0 Å². The van der Waals surface area contributed by atoms with Gasteiger partial charge < -0.3 is 25.4 Å². The number of esters is 1. The number of aliphatic hydroxyl groups is 2. The normalized spacial score (nSPS) is 13.9. The number of rotatable bonds is 21. The smallest absolute Gasteiger partial charge is 0.335 e. The highest BCUT2D eigenvalue weighted by molar-refractivity contribution is 5.74. The number of ether oxygens (including phenoxy) is 2. The minimum absolute atomic E-state index is 0.247. The van der Waals surface area contributed by atoms with Crippen LogP contribution in [-0.2, 0) is 14.3 Å². The van der Waals surface area contributed by atoms with Crippen LogP contribution in [-0.4, -0.2) is 54.3 Å². The zero-order valence-corrected chi connectivity index (χ0v) is 21.2. The second kappa shape index (κ2) is 22.8. The predicted octanol–water partition coefficient (Wildman–Crippen LogP) is 4.93. The summed E-state index contributed by atoms with van der Waals surface area (Å²) in [5.41, 5.74) is 4.38. The van der Waals surface area contributed by atoms with Crippen molar-refractivity contribution in [2.24, 2.45) is 5.73 Å². The van der Waals surface area contributed by atoms with Crippen LogP contribution < -0.4 is 5.73 Å². The Labute approximate surface area is 206 Å². The summed E-state index contributed by atoms with van der Waals surface area (Å²) in [5, 5.41) is 18.3. The van der Waals surface area contributed by atoms with Gasteiger partial charge in [-0.15, -0.1) is 0 Å². The SMILES string of the molecule is CC/C=C\C/C=C\C/C=C\C/C=C\C/C=C\CCCCOC(CC)C(=O)OCC(N)(CO)CO. The van der Waals surface area contributed by atoms with Gasteiger partial charge in [0.1, 0.15) is 6.61 Å². The van der Waals surface area contributed by atoms with Gasteiger partial charge >= 0.3 is 5.97 Å². The largest absolute Gasteiger partial charge is 0.462 e. The van der Waals surface area contributed by atoms with Gasteiger partial charge in [-0.05, 0) is 57.8 Å². The van der Waals surface area contributed by atoms with Crippen LogP contribution in [0.5, 0.6) is 0 Å². The van der Waals surface area contributed by atoms with Crippen molar-refractivity contribution in [1.82, 2.24) is 0 Å². The van der Waals surface area contributed by atoms with Crippen LogP contribution in [0.4, 0.5) is 0 Å². The topological polar surface area (TPSA) is 102 Å². The minimum atomic E-state index is -1.32. The molecule has 1 unspecified atom stereocenters. The van der Waals surface area contributed by atoms with Crippen molar-refractivity contribution in [1.29, 1.82) is 0 Å². The molecule has 34 heavy (non-hydrogen) atoms. The lowest BCUT2D eigenvalue weighted by Gasteiger charge is -2.25. The van der Waals surface area contributed by atoms with E-state index in [-0.39, 0.29) is 6.61 Å². The van der Waals surface area contributed by atoms with E-state index in [0.717, 1.165) is 51.4 Å². The van der Waals surface area contributed by atoms with E-state index < -0.39 is 30.8 Å². The van der Waals surface area contributed by atoms with E-state index >= 15 is 0 Å². The highest BCUT2D eigenvalue weighted by Gasteiger charge is 2.27. The third-order valence-electron chi connectivity index (χ3n) is 5.01. The number of carbonyl (C=O) groups excluding carboxylic acids is 1. The molecule has 0 aliphatic carbocycles. The zero-order chi connectivity index (χ0) is 25.3. The molecule has 0 bridgehead atoms. The standard InChI is InChI=1S/C28H47NO5/c1-3-5-6-7-8-9-10-11-12-13-14-15-16-17-18-19-20-21-22-33-26(4-2)27(32)34-25-28(29,23-30)24-31/h5-6,8-9,11-12,14-15,17-18,26,30-31H,3-4,7,10,13,16,19-25,29H2,1-2H3/b6-5-,9-8-,12-11-,15-14-,18-17-. The fourth-order valence-corrected chi connectivity index (χ4v) is 2.76. The summed E-state index contributed by atoms with van der Waals surface area (Å²) in [4.78, 5) is 12.1. The Morgan fingerprint density at radius 1 is 0.824 bits per heavy atom. The van der Waals surface area contributed by atoms with Gasteiger partial charge in [0.15, 0.2) is 6.10 Å². The molecule has 194 valence electrons. The summed E-state index contributed by atoms with van der Waals surface area (Å²) in [6.07, 6.45) is 29.5. The molecule has 6 heteroatoms. The zero-order valence-electron chi connectivity index (χ0n) is 21.2. The first-order valence-corrected chi connectivity index (χ1v) is 12.6. The van der Waals surface area contributed by atoms with Crippen LogP contribution in [0, 0.1) is 0 Å². The molecule has 0 aliphatic heterocycles. The lowest BCUT2D eigenvalue weighted by atomic mass is 10.1. The summed E-state index contributed by atoms with van der Waals surface area (Å²) < 4.78 is 10.7. The summed E-state index contributed by atoms with van der Waals surface area (Å²) in [6, 6.07) is 0. The van der Waals surface area contributed by atoms with Crippen molar-refractivity contribution < 1.29 is 24.5 Å². The number of allylic oxidation sites excluding steroid dienone is 10. The van der Waals surface area contributed by atoms with Gasteiger partial charge in [0, 0.05) is 6.61 Å². The third kappa shape index (κ3) is 18.4. The average Bonchev–Trinajstić information content (AvgIpc) is 2.86. The van der Waals surface area contributed by atoms with Gasteiger partial charge in [0.2, 0.25) is 0 Å². The Bertz CT molecular complexity index is 633. The quantitative estimate of drug-likeness (QED) is 0.123. The number of hydrogen-bond donors (Lipinski definition) is 3. The molecule has 0 aromatic rings. The highest BCUT2D eigenvalue weighted by atomic mass is 16.6. The fraction of sp³-hybridized carbons (Fsp3) is 0.607. The maximum Gasteiger partial charge on any atom is 0.335 e. The molecule has 0 spiro atoms. The van der Waals surface area contributed by atoms with E-state index in [1.807, 2.05) is 6.92 Å². The summed E-state index contributed by atoms with van der Waals surface area (Å²) in [5.74, 6) is -0.517. The summed E-state index contributed by atoms with van der Waals surface area (Å²) in [6.45, 7) is 3.28. The van der Waals surface area contributed by atoms with E-state index in [9.17, 15) is 4.79 Å². The molecular weight excluding hydrogens is 430 g/mol. The molecule has 0 aromatic carbocycles. The van der Waals surface area contributed by atoms with Gasteiger partial charge in [0.05, 0.1) is 18.8 Å². The Hall–Kier alpha value is -1.99. The Morgan fingerprint density at radius 3 is 1.79 bits per heavy atom. The monoisotopic (exact) mass is 477 g/mol. The number of hydrogen-bond acceptors (Lipinski definition) is 6. The molecule has 0 amide bonds. The van der Waals surface area contributed by atoms with Crippen molar-refractivity contribution in [3.8, 4) is 0 Å². The Kier molecular flexibility index (Phi) is 21.5. The van der Waals surface area contributed by atoms with E-state index in [4.69, 9.17) is 25.4 Å². The third-order valence-corrected chi connectivity index (χ3v) is 5.01. The van der Waals surface area contributed by atoms with E-state index in [1.54, 1.807) is 0 Å². The maximum absolute atomic E-state index is 12.1. The molecule has 0 saturated carbocycles. The lowest BCUT2D eigenvalue weighted by molar-refractivity contribution is -0.160. The highest BCUT2D eigenvalue weighted by Crippen LogP contribution is 2.07. The number of unbranched alkanes of at least 4 members (excludes halogenated alkanes) is 2. The summed E-state index contributed by atoms with van der Waals surface area (Å²) >= 11 is 0. The van der Waals surface area contributed by atoms with Crippen molar-refractivity contribution in [2.45, 2.75) is 83.3 Å². The second-order valence-electron chi connectivity index (χ2n) is 8.26. The minimum Gasteiger partial charge on any atom is -0.462 e. The fourth-order valence-electron chi connectivity index (χ4n) is 2.76. The van der Waals surface area contributed by atoms with E-state index in [2.05, 4.69) is 67.7 Å². The van der Waals surface area contributed by atoms with E-state index in [1.165, 1.54) is 0 Å². The first-order chi connectivity index (χ1) is 16.5. The van der Waals surface area contributed by atoms with Crippen molar-refractivity contribution in [2.75, 3.05) is 26.4 Å². The second-order valence-corrected chi connectivity index (χ2v) is 8.26. The number of nitrogens with two attached hydrogens (primary N) is 1. The number of carbonyl (C=O) groups is 1. The number of aliphatic hydroxyl groups excluding tert-OH is 2. The van der Waals surface area contributed by atoms with Crippen molar-refractivity contribution in [3.05, 3.63) is 60.8 Å². The average molecular weight is 478 g/mol. The first kappa shape index (κ1) is 32.0. The van der Waals surface area contributed by atoms with Crippen LogP contribution in [0.2, 0.25) is 0 Å². The van der Waals surface area contributed by atoms with E-state index in [0.29, 0.717) is 13.0 Å². The molecular formula is C28H47NO5. The predicted molar refractivity (Wildman–Crippen MR) is 140 cm³/mol. The molecule has 1 atom stereocenters. The van der Waals surface area contributed by atoms with Gasteiger partial charge in [-0.25, -0.2) is 4.79 Å². The molecule has 0 aromatic heterocycles. The van der Waals surface area contributed by atoms with Gasteiger partial charge in [0.25, 0.3) is 0 Å². The lowest BCUT2D eigenvalue weighted by Crippen LogP contribution is -2.52. The molecule has 0 radical (unpaired) electrons. The molecule has 0 aliphatic rings. The Morgan fingerprint density at radius 2 is 1.32 bits per heavy atom. The van der Waals surface area contributed by atoms with Crippen molar-refractivity contribution >= 4 is 5.97 Å². The summed E-state index contributed by atoms with van der Waals surface area (Å²) in [7, 11) is 0. The maximum atomic E-state index is 12.1. The van der Waals surface area contributed by atoms with Crippen LogP contribution in [0.15, 0.2) is 60.8 Å². The van der Waals surface area contributed by atoms with Gasteiger partial charge in [-0.1, -0.05) is 74.6 Å². The van der Waals surface area contributed by atoms with Crippen LogP contribution in [0.1, 0.15) is 71.6 Å². The molecule has 6 nitrogen and oxygen atoms in total. The molecule has 0 rings (SSSR count). The van der Waals surface area contributed by atoms with Crippen LogP contribution in [0.3, 0.4) is 0 Å². The van der Waals surface area contributed by atoms with Crippen LogP contribution >= 0.6 is 0 Å². The van der Waals surface area contributed by atoms with Crippen LogP contribution in [0.25, 0.3) is 0 Å².